The van der Waals surface area contributed by atoms with Crippen molar-refractivity contribution in [2.24, 2.45) is 11.8 Å². The molecular weight excluding hydrogens is 224 g/mol. The first kappa shape index (κ1) is 11.1. The molecule has 1 aromatic carbocycles. The molecule has 0 saturated heterocycles. The van der Waals surface area contributed by atoms with Crippen molar-refractivity contribution in [3.05, 3.63) is 30.6 Å². The number of nitrogen functional groups attached to an aromatic ring is 2. The predicted molar refractivity (Wildman–Crippen MR) is 73.8 cm³/mol. The maximum atomic E-state index is 5.82. The van der Waals surface area contributed by atoms with Crippen LogP contribution < -0.4 is 11.5 Å². The average molecular weight is 242 g/mol. The molecule has 1 saturated carbocycles. The van der Waals surface area contributed by atoms with Gasteiger partial charge in [-0.3, -0.25) is 4.68 Å². The Labute approximate surface area is 107 Å². The molecule has 2 aromatic rings. The lowest BCUT2D eigenvalue weighted by atomic mass is 10.1. The average Bonchev–Trinajstić information content (AvgIpc) is 2.85. The Morgan fingerprint density at radius 3 is 2.72 bits per heavy atom. The minimum absolute atomic E-state index is 0.621. The molecule has 1 aromatic heterocycles. The number of nitrogens with zero attached hydrogens (tertiary/aromatic N) is 2. The molecular formula is C14H18N4. The normalized spacial score (nSPS) is 22.1. The lowest BCUT2D eigenvalue weighted by molar-refractivity contribution is 0.540. The van der Waals surface area contributed by atoms with Crippen LogP contribution in [0.5, 0.6) is 0 Å². The van der Waals surface area contributed by atoms with Crippen LogP contribution in [0.25, 0.3) is 11.1 Å². The molecule has 1 aliphatic carbocycles. The smallest absolute Gasteiger partial charge is 0.0568 e. The largest absolute Gasteiger partial charge is 0.397 e. The van der Waals surface area contributed by atoms with Gasteiger partial charge >= 0.3 is 0 Å². The fourth-order valence-corrected chi connectivity index (χ4v) is 2.26. The summed E-state index contributed by atoms with van der Waals surface area (Å²) in [6, 6.07) is 5.72. The Hall–Kier alpha value is -1.97. The number of hydrogen-bond donors (Lipinski definition) is 2. The van der Waals surface area contributed by atoms with Crippen molar-refractivity contribution in [3.63, 3.8) is 0 Å². The van der Waals surface area contributed by atoms with E-state index in [4.69, 9.17) is 11.5 Å². The maximum Gasteiger partial charge on any atom is 0.0568 e. The molecule has 2 atom stereocenters. The molecule has 94 valence electrons. The summed E-state index contributed by atoms with van der Waals surface area (Å²) < 4.78 is 2.02. The molecule has 1 heterocycles. The number of anilines is 2. The number of benzene rings is 1. The van der Waals surface area contributed by atoms with Gasteiger partial charge in [0.2, 0.25) is 0 Å². The molecule has 18 heavy (non-hydrogen) atoms. The van der Waals surface area contributed by atoms with Crippen LogP contribution in [0, 0.1) is 11.8 Å². The van der Waals surface area contributed by atoms with Crippen molar-refractivity contribution in [3.8, 4) is 11.1 Å². The van der Waals surface area contributed by atoms with Crippen molar-refractivity contribution in [1.82, 2.24) is 9.78 Å². The van der Waals surface area contributed by atoms with Gasteiger partial charge in [-0.15, -0.1) is 0 Å². The molecule has 4 N–H and O–H groups in total. The van der Waals surface area contributed by atoms with Crippen LogP contribution in [0.4, 0.5) is 11.4 Å². The third-order valence-electron chi connectivity index (χ3n) is 3.75. The van der Waals surface area contributed by atoms with Gasteiger partial charge in [0.05, 0.1) is 17.6 Å². The van der Waals surface area contributed by atoms with E-state index >= 15 is 0 Å². The van der Waals surface area contributed by atoms with Crippen molar-refractivity contribution in [1.29, 1.82) is 0 Å². The highest BCUT2D eigenvalue weighted by molar-refractivity contribution is 5.73. The number of hydrogen-bond acceptors (Lipinski definition) is 3. The van der Waals surface area contributed by atoms with Crippen LogP contribution in [0.15, 0.2) is 30.6 Å². The third kappa shape index (κ3) is 2.06. The summed E-state index contributed by atoms with van der Waals surface area (Å²) in [7, 11) is 0. The Balaban J connectivity index is 1.81. The van der Waals surface area contributed by atoms with Gasteiger partial charge in [-0.25, -0.2) is 0 Å². The van der Waals surface area contributed by atoms with E-state index in [0.717, 1.165) is 29.5 Å². The monoisotopic (exact) mass is 242 g/mol. The highest BCUT2D eigenvalue weighted by Crippen LogP contribution is 2.39. The van der Waals surface area contributed by atoms with Crippen LogP contribution in [0.3, 0.4) is 0 Å². The molecule has 1 fully saturated rings. The first-order valence-corrected chi connectivity index (χ1v) is 6.31. The first-order valence-electron chi connectivity index (χ1n) is 6.31. The minimum Gasteiger partial charge on any atom is -0.397 e. The zero-order valence-electron chi connectivity index (χ0n) is 10.5. The van der Waals surface area contributed by atoms with Crippen LogP contribution >= 0.6 is 0 Å². The zero-order chi connectivity index (χ0) is 12.7. The summed E-state index contributed by atoms with van der Waals surface area (Å²) in [6.45, 7) is 3.31. The Morgan fingerprint density at radius 2 is 2.06 bits per heavy atom. The van der Waals surface area contributed by atoms with Gasteiger partial charge in [-0.2, -0.15) is 5.10 Å². The van der Waals surface area contributed by atoms with Crippen molar-refractivity contribution in [2.75, 3.05) is 11.5 Å². The van der Waals surface area contributed by atoms with Crippen LogP contribution in [-0.4, -0.2) is 9.78 Å². The summed E-state index contributed by atoms with van der Waals surface area (Å²) in [5, 5.41) is 4.40. The lowest BCUT2D eigenvalue weighted by Crippen LogP contribution is -2.00. The molecule has 1 aliphatic rings. The summed E-state index contributed by atoms with van der Waals surface area (Å²) in [6.07, 6.45) is 5.29. The highest BCUT2D eigenvalue weighted by atomic mass is 15.3. The van der Waals surface area contributed by atoms with Gasteiger partial charge in [0, 0.05) is 18.3 Å². The van der Waals surface area contributed by atoms with Crippen LogP contribution in [0.1, 0.15) is 13.3 Å². The molecule has 0 amide bonds. The van der Waals surface area contributed by atoms with Gasteiger partial charge < -0.3 is 11.5 Å². The standard InChI is InChI=1S/C14H18N4/c1-9-4-11(9)7-18-8-12(6-17-18)10-2-3-13(15)14(16)5-10/h2-3,5-6,8-9,11H,4,7,15-16H2,1H3. The number of nitrogens with two attached hydrogens (primary N) is 2. The van der Waals surface area contributed by atoms with E-state index < -0.39 is 0 Å². The second-order valence-corrected chi connectivity index (χ2v) is 5.27. The lowest BCUT2D eigenvalue weighted by Gasteiger charge is -2.02. The van der Waals surface area contributed by atoms with E-state index in [1.165, 1.54) is 6.42 Å². The Kier molecular flexibility index (Phi) is 2.51. The molecule has 0 bridgehead atoms. The van der Waals surface area contributed by atoms with E-state index in [0.29, 0.717) is 11.4 Å². The molecule has 0 aliphatic heterocycles. The molecule has 2 unspecified atom stereocenters. The van der Waals surface area contributed by atoms with Gasteiger partial charge in [0.25, 0.3) is 0 Å². The van der Waals surface area contributed by atoms with E-state index in [1.807, 2.05) is 29.1 Å². The predicted octanol–water partition coefficient (Wildman–Crippen LogP) is 2.37. The molecule has 0 spiro atoms. The summed E-state index contributed by atoms with van der Waals surface area (Å²) in [5.74, 6) is 1.65. The Morgan fingerprint density at radius 1 is 1.28 bits per heavy atom. The van der Waals surface area contributed by atoms with Crippen molar-refractivity contribution >= 4 is 11.4 Å². The fourth-order valence-electron chi connectivity index (χ4n) is 2.26. The van der Waals surface area contributed by atoms with E-state index in [1.54, 1.807) is 0 Å². The first-order chi connectivity index (χ1) is 8.63. The van der Waals surface area contributed by atoms with Gasteiger partial charge in [-0.05, 0) is 36.0 Å². The molecule has 3 rings (SSSR count). The molecule has 0 radical (unpaired) electrons. The second kappa shape index (κ2) is 4.05. The number of rotatable bonds is 3. The zero-order valence-corrected chi connectivity index (χ0v) is 10.5. The van der Waals surface area contributed by atoms with E-state index in [-0.39, 0.29) is 0 Å². The molecule has 4 heteroatoms. The van der Waals surface area contributed by atoms with Gasteiger partial charge in [0.15, 0.2) is 0 Å². The minimum atomic E-state index is 0.621. The maximum absolute atomic E-state index is 5.82. The van der Waals surface area contributed by atoms with E-state index in [9.17, 15) is 0 Å². The van der Waals surface area contributed by atoms with Crippen molar-refractivity contribution < 1.29 is 0 Å². The quantitative estimate of drug-likeness (QED) is 0.812. The van der Waals surface area contributed by atoms with Crippen LogP contribution in [0.2, 0.25) is 0 Å². The van der Waals surface area contributed by atoms with Gasteiger partial charge in [-0.1, -0.05) is 13.0 Å². The van der Waals surface area contributed by atoms with Crippen LogP contribution in [-0.2, 0) is 6.54 Å². The topological polar surface area (TPSA) is 69.9 Å². The number of aromatic nitrogens is 2. The fraction of sp³-hybridized carbons (Fsp3) is 0.357. The van der Waals surface area contributed by atoms with Gasteiger partial charge in [0.1, 0.15) is 0 Å². The summed E-state index contributed by atoms with van der Waals surface area (Å²) in [5.41, 5.74) is 14.9. The summed E-state index contributed by atoms with van der Waals surface area (Å²) in [4.78, 5) is 0. The van der Waals surface area contributed by atoms with Crippen molar-refractivity contribution in [2.45, 2.75) is 19.9 Å². The van der Waals surface area contributed by atoms with E-state index in [2.05, 4.69) is 18.2 Å². The third-order valence-corrected chi connectivity index (χ3v) is 3.75. The SMILES string of the molecule is CC1CC1Cn1cc(-c2ccc(N)c(N)c2)cn1. The summed E-state index contributed by atoms with van der Waals surface area (Å²) >= 11 is 0. The highest BCUT2D eigenvalue weighted by Gasteiger charge is 2.32. The second-order valence-electron chi connectivity index (χ2n) is 5.27. The Bertz CT molecular complexity index is 573. The molecule has 4 nitrogen and oxygen atoms in total.